The van der Waals surface area contributed by atoms with Gasteiger partial charge in [-0.15, -0.1) is 0 Å². The van der Waals surface area contributed by atoms with Gasteiger partial charge in [-0.1, -0.05) is 41.9 Å². The lowest BCUT2D eigenvalue weighted by Gasteiger charge is -2.33. The molecule has 5 nitrogen and oxygen atoms in total. The van der Waals surface area contributed by atoms with Gasteiger partial charge >= 0.3 is 6.18 Å². The van der Waals surface area contributed by atoms with Crippen LogP contribution in [0.2, 0.25) is 5.02 Å². The van der Waals surface area contributed by atoms with Gasteiger partial charge in [0, 0.05) is 37.0 Å². The SMILES string of the molecule is O=C(C[C@]1(c2cccc(C(F)(F)F)c2)CC(=O)N(C2CC2)C1=O)N1CCc2c(Cl)cccc2C1. The summed E-state index contributed by atoms with van der Waals surface area (Å²) in [5, 5.41) is 0.627. The average molecular weight is 491 g/mol. The molecule has 1 atom stereocenters. The van der Waals surface area contributed by atoms with Crippen LogP contribution < -0.4 is 0 Å². The van der Waals surface area contributed by atoms with Crippen LogP contribution >= 0.6 is 11.6 Å². The highest BCUT2D eigenvalue weighted by molar-refractivity contribution is 6.31. The lowest BCUT2D eigenvalue weighted by Crippen LogP contribution is -2.45. The molecule has 1 saturated heterocycles. The second kappa shape index (κ2) is 8.12. The van der Waals surface area contributed by atoms with Crippen molar-refractivity contribution in [3.8, 4) is 0 Å². The fourth-order valence-electron chi connectivity index (χ4n) is 5.07. The van der Waals surface area contributed by atoms with Crippen molar-refractivity contribution in [1.29, 1.82) is 0 Å². The van der Waals surface area contributed by atoms with E-state index in [9.17, 15) is 27.6 Å². The molecule has 0 radical (unpaired) electrons. The predicted molar refractivity (Wildman–Crippen MR) is 118 cm³/mol. The fourth-order valence-corrected chi connectivity index (χ4v) is 5.36. The maximum Gasteiger partial charge on any atom is 0.416 e. The second-order valence-electron chi connectivity index (χ2n) is 9.26. The van der Waals surface area contributed by atoms with Crippen molar-refractivity contribution >= 4 is 29.3 Å². The Balaban J connectivity index is 1.50. The number of rotatable bonds is 4. The number of carbonyl (C=O) groups is 3. The molecule has 1 aliphatic carbocycles. The van der Waals surface area contributed by atoms with Gasteiger partial charge in [0.15, 0.2) is 0 Å². The summed E-state index contributed by atoms with van der Waals surface area (Å²) in [4.78, 5) is 42.6. The summed E-state index contributed by atoms with van der Waals surface area (Å²) >= 11 is 6.26. The molecule has 0 N–H and O–H groups in total. The van der Waals surface area contributed by atoms with Crippen LogP contribution in [-0.4, -0.2) is 40.1 Å². The smallest absolute Gasteiger partial charge is 0.338 e. The molecule has 1 saturated carbocycles. The van der Waals surface area contributed by atoms with Crippen molar-refractivity contribution in [2.45, 2.75) is 56.3 Å². The van der Waals surface area contributed by atoms with Crippen LogP contribution in [0, 0.1) is 0 Å². The molecule has 9 heteroatoms. The monoisotopic (exact) mass is 490 g/mol. The Kier molecular flexibility index (Phi) is 5.47. The number of hydrogen-bond acceptors (Lipinski definition) is 3. The Labute approximate surface area is 199 Å². The number of amides is 3. The third kappa shape index (κ3) is 3.87. The van der Waals surface area contributed by atoms with E-state index in [1.165, 1.54) is 17.0 Å². The van der Waals surface area contributed by atoms with Crippen LogP contribution in [0.1, 0.15) is 47.9 Å². The molecule has 2 aromatic rings. The first kappa shape index (κ1) is 22.9. The lowest BCUT2D eigenvalue weighted by atomic mass is 9.75. The molecule has 178 valence electrons. The number of likely N-dealkylation sites (tertiary alicyclic amines) is 1. The van der Waals surface area contributed by atoms with Crippen LogP contribution in [0.3, 0.4) is 0 Å². The first-order chi connectivity index (χ1) is 16.1. The van der Waals surface area contributed by atoms with E-state index in [0.717, 1.165) is 23.3 Å². The van der Waals surface area contributed by atoms with Gasteiger partial charge in [0.25, 0.3) is 0 Å². The molecule has 3 amide bonds. The fraction of sp³-hybridized carbons (Fsp3) is 0.400. The van der Waals surface area contributed by atoms with E-state index in [0.29, 0.717) is 37.4 Å². The molecular weight excluding hydrogens is 469 g/mol. The standard InChI is InChI=1S/C25H22ClF3N2O3/c26-20-6-1-3-15-14-30(10-9-19(15)20)21(32)12-24(13-22(33)31(23(24)34)18-7-8-18)16-4-2-5-17(11-16)25(27,28)29/h1-6,11,18H,7-10,12-14H2/t24-/m1/s1. The van der Waals surface area contributed by atoms with E-state index in [4.69, 9.17) is 11.6 Å². The number of alkyl halides is 3. The predicted octanol–water partition coefficient (Wildman–Crippen LogP) is 4.49. The molecule has 2 fully saturated rings. The van der Waals surface area contributed by atoms with Crippen LogP contribution in [0.5, 0.6) is 0 Å². The average Bonchev–Trinajstić information content (AvgIpc) is 3.59. The Morgan fingerprint density at radius 3 is 2.56 bits per heavy atom. The molecule has 3 aliphatic rings. The number of nitrogens with zero attached hydrogens (tertiary/aromatic N) is 2. The van der Waals surface area contributed by atoms with E-state index >= 15 is 0 Å². The quantitative estimate of drug-likeness (QED) is 0.593. The van der Waals surface area contributed by atoms with E-state index in [1.807, 2.05) is 6.07 Å². The summed E-state index contributed by atoms with van der Waals surface area (Å²) in [6, 6.07) is 9.69. The molecule has 2 heterocycles. The second-order valence-corrected chi connectivity index (χ2v) is 9.66. The Morgan fingerprint density at radius 2 is 1.85 bits per heavy atom. The minimum absolute atomic E-state index is 0.0534. The zero-order valence-electron chi connectivity index (χ0n) is 18.2. The van der Waals surface area contributed by atoms with Gasteiger partial charge in [0.1, 0.15) is 0 Å². The van der Waals surface area contributed by atoms with Gasteiger partial charge in [-0.05, 0) is 48.1 Å². The number of imide groups is 1. The largest absolute Gasteiger partial charge is 0.416 e. The molecule has 0 spiro atoms. The third-order valence-corrected chi connectivity index (χ3v) is 7.37. The van der Waals surface area contributed by atoms with Crippen molar-refractivity contribution in [2.75, 3.05) is 6.54 Å². The van der Waals surface area contributed by atoms with Crippen LogP contribution in [0.25, 0.3) is 0 Å². The Morgan fingerprint density at radius 1 is 1.12 bits per heavy atom. The van der Waals surface area contributed by atoms with Gasteiger partial charge in [-0.3, -0.25) is 19.3 Å². The number of fused-ring (bicyclic) bond motifs is 1. The molecule has 0 aromatic heterocycles. The van der Waals surface area contributed by atoms with Crippen molar-refractivity contribution in [2.24, 2.45) is 0 Å². The molecule has 2 aromatic carbocycles. The van der Waals surface area contributed by atoms with E-state index in [1.54, 1.807) is 17.0 Å². The molecule has 2 aliphatic heterocycles. The van der Waals surface area contributed by atoms with Crippen molar-refractivity contribution in [3.05, 3.63) is 69.7 Å². The maximum absolute atomic E-state index is 13.6. The molecule has 0 bridgehead atoms. The van der Waals surface area contributed by atoms with Crippen molar-refractivity contribution < 1.29 is 27.6 Å². The summed E-state index contributed by atoms with van der Waals surface area (Å²) in [5.41, 5.74) is -0.644. The number of halogens is 4. The number of benzene rings is 2. The minimum Gasteiger partial charge on any atom is -0.338 e. The van der Waals surface area contributed by atoms with Crippen molar-refractivity contribution in [3.63, 3.8) is 0 Å². The van der Waals surface area contributed by atoms with Crippen LogP contribution in [-0.2, 0) is 38.9 Å². The van der Waals surface area contributed by atoms with Gasteiger partial charge < -0.3 is 4.90 Å². The summed E-state index contributed by atoms with van der Waals surface area (Å²) in [6.45, 7) is 0.671. The zero-order chi connectivity index (χ0) is 24.3. The van der Waals surface area contributed by atoms with Gasteiger partial charge in [-0.2, -0.15) is 13.2 Å². The first-order valence-corrected chi connectivity index (χ1v) is 11.6. The van der Waals surface area contributed by atoms with E-state index < -0.39 is 29.0 Å². The maximum atomic E-state index is 13.6. The zero-order valence-corrected chi connectivity index (χ0v) is 19.0. The van der Waals surface area contributed by atoms with Crippen LogP contribution in [0.15, 0.2) is 42.5 Å². The van der Waals surface area contributed by atoms with Crippen LogP contribution in [0.4, 0.5) is 13.2 Å². The first-order valence-electron chi connectivity index (χ1n) is 11.2. The van der Waals surface area contributed by atoms with Gasteiger partial charge in [0.05, 0.1) is 11.0 Å². The topological polar surface area (TPSA) is 57.7 Å². The highest BCUT2D eigenvalue weighted by Crippen LogP contribution is 2.45. The van der Waals surface area contributed by atoms with E-state index in [2.05, 4.69) is 0 Å². The number of carbonyl (C=O) groups excluding carboxylic acids is 3. The third-order valence-electron chi connectivity index (χ3n) is 7.02. The summed E-state index contributed by atoms with van der Waals surface area (Å²) in [7, 11) is 0. The Bertz CT molecular complexity index is 1190. The normalized spacial score (nSPS) is 22.8. The molecular formula is C25H22ClF3N2O3. The van der Waals surface area contributed by atoms with Crippen molar-refractivity contribution in [1.82, 2.24) is 9.80 Å². The summed E-state index contributed by atoms with van der Waals surface area (Å²) in [6.07, 6.45) is -3.40. The Hall–Kier alpha value is -2.87. The molecule has 0 unspecified atom stereocenters. The summed E-state index contributed by atoms with van der Waals surface area (Å²) in [5.74, 6) is -1.39. The lowest BCUT2D eigenvalue weighted by molar-refractivity contribution is -0.143. The highest BCUT2D eigenvalue weighted by atomic mass is 35.5. The van der Waals surface area contributed by atoms with Gasteiger partial charge in [0.2, 0.25) is 17.7 Å². The minimum atomic E-state index is -4.61. The van der Waals surface area contributed by atoms with Gasteiger partial charge in [-0.25, -0.2) is 0 Å². The van der Waals surface area contributed by atoms with E-state index in [-0.39, 0.29) is 30.4 Å². The number of hydrogen-bond donors (Lipinski definition) is 0. The highest BCUT2D eigenvalue weighted by Gasteiger charge is 2.57. The molecule has 5 rings (SSSR count). The summed E-state index contributed by atoms with van der Waals surface area (Å²) < 4.78 is 40.3. The molecule has 34 heavy (non-hydrogen) atoms.